The number of nitrogens with zero attached hydrogens (tertiary/aromatic N) is 4. The summed E-state index contributed by atoms with van der Waals surface area (Å²) in [6.45, 7) is 3.51. The van der Waals surface area contributed by atoms with Crippen molar-refractivity contribution in [2.75, 3.05) is 25.6 Å². The molecule has 4 heterocycles. The van der Waals surface area contributed by atoms with Gasteiger partial charge in [0.05, 0.1) is 24.6 Å². The fourth-order valence-electron chi connectivity index (χ4n) is 3.93. The summed E-state index contributed by atoms with van der Waals surface area (Å²) in [6.07, 6.45) is 5.47. The highest BCUT2D eigenvalue weighted by Crippen LogP contribution is 2.33. The number of methoxy groups -OCH3 is 1. The number of benzene rings is 1. The van der Waals surface area contributed by atoms with E-state index in [9.17, 15) is 4.79 Å². The Morgan fingerprint density at radius 3 is 3.00 bits per heavy atom. The first-order valence-corrected chi connectivity index (χ1v) is 11.3. The molecule has 1 aliphatic rings. The summed E-state index contributed by atoms with van der Waals surface area (Å²) < 4.78 is 12.7. The Labute approximate surface area is 189 Å². The molecule has 0 saturated carbocycles. The van der Waals surface area contributed by atoms with Gasteiger partial charge >= 0.3 is 0 Å². The van der Waals surface area contributed by atoms with Gasteiger partial charge in [-0.15, -0.1) is 5.10 Å². The number of amides is 1. The molecule has 164 valence electrons. The van der Waals surface area contributed by atoms with E-state index >= 15 is 0 Å². The molecular weight excluding hydrogens is 426 g/mol. The van der Waals surface area contributed by atoms with E-state index in [0.29, 0.717) is 22.4 Å². The predicted octanol–water partition coefficient (Wildman–Crippen LogP) is 4.00. The number of imidazole rings is 1. The van der Waals surface area contributed by atoms with Crippen LogP contribution in [-0.4, -0.2) is 45.8 Å². The van der Waals surface area contributed by atoms with Gasteiger partial charge in [-0.05, 0) is 37.8 Å². The average molecular weight is 450 g/mol. The summed E-state index contributed by atoms with van der Waals surface area (Å²) in [5.74, 6) is 0.931. The molecule has 1 fully saturated rings. The molecule has 0 aliphatic carbocycles. The lowest BCUT2D eigenvalue weighted by Crippen LogP contribution is -2.14. The van der Waals surface area contributed by atoms with E-state index in [1.165, 1.54) is 11.3 Å². The van der Waals surface area contributed by atoms with E-state index in [-0.39, 0.29) is 5.91 Å². The first-order valence-electron chi connectivity index (χ1n) is 10.4. The van der Waals surface area contributed by atoms with Crippen LogP contribution in [0.3, 0.4) is 0 Å². The number of anilines is 1. The lowest BCUT2D eigenvalue weighted by molar-refractivity contribution is 0.102. The zero-order chi connectivity index (χ0) is 22.1. The second kappa shape index (κ2) is 8.68. The van der Waals surface area contributed by atoms with E-state index < -0.39 is 0 Å². The number of aromatic nitrogens is 4. The molecule has 1 N–H and O–H groups in total. The fourth-order valence-corrected chi connectivity index (χ4v) is 4.72. The van der Waals surface area contributed by atoms with Gasteiger partial charge in [-0.3, -0.25) is 15.1 Å². The third-order valence-corrected chi connectivity index (χ3v) is 6.36. The minimum absolute atomic E-state index is 0.279. The maximum Gasteiger partial charge on any atom is 0.259 e. The van der Waals surface area contributed by atoms with Gasteiger partial charge in [0.15, 0.2) is 0 Å². The number of carbonyl (C=O) groups is 1. The summed E-state index contributed by atoms with van der Waals surface area (Å²) in [7, 11) is 1.62. The number of nitrogens with one attached hydrogen (secondary N) is 1. The van der Waals surface area contributed by atoms with Crippen LogP contribution in [0.1, 0.15) is 28.2 Å². The van der Waals surface area contributed by atoms with Crippen LogP contribution in [0, 0.1) is 12.8 Å². The SMILES string of the molecule is COc1ccccc1-c1cc(C)ncc1C(=O)Nc1nn2cc(C[C@@H]3CCOC3)nc2s1. The van der Waals surface area contributed by atoms with E-state index in [1.807, 2.05) is 43.5 Å². The molecule has 1 atom stereocenters. The van der Waals surface area contributed by atoms with Crippen LogP contribution < -0.4 is 10.1 Å². The maximum absolute atomic E-state index is 13.1. The molecule has 0 spiro atoms. The van der Waals surface area contributed by atoms with Crippen molar-refractivity contribution in [2.45, 2.75) is 19.8 Å². The number of ether oxygens (including phenoxy) is 2. The summed E-state index contributed by atoms with van der Waals surface area (Å²) >= 11 is 1.34. The second-order valence-corrected chi connectivity index (χ2v) is 8.78. The first-order chi connectivity index (χ1) is 15.6. The Kier molecular flexibility index (Phi) is 5.59. The third-order valence-electron chi connectivity index (χ3n) is 5.52. The number of pyridine rings is 1. The Balaban J connectivity index is 1.39. The topological polar surface area (TPSA) is 90.6 Å². The lowest BCUT2D eigenvalue weighted by Gasteiger charge is -2.13. The molecule has 1 aliphatic heterocycles. The molecule has 0 unspecified atom stereocenters. The van der Waals surface area contributed by atoms with Gasteiger partial charge in [0.25, 0.3) is 5.91 Å². The van der Waals surface area contributed by atoms with Crippen molar-refractivity contribution < 1.29 is 14.3 Å². The summed E-state index contributed by atoms with van der Waals surface area (Å²) in [4.78, 5) is 22.9. The Morgan fingerprint density at radius 1 is 1.34 bits per heavy atom. The number of hydrogen-bond donors (Lipinski definition) is 1. The van der Waals surface area contributed by atoms with Crippen molar-refractivity contribution in [3.05, 3.63) is 59.7 Å². The van der Waals surface area contributed by atoms with Gasteiger partial charge in [0.1, 0.15) is 5.75 Å². The highest BCUT2D eigenvalue weighted by atomic mass is 32.1. The summed E-state index contributed by atoms with van der Waals surface area (Å²) in [5.41, 5.74) is 3.86. The van der Waals surface area contributed by atoms with Crippen LogP contribution in [0.4, 0.5) is 5.13 Å². The Bertz CT molecular complexity index is 1240. The minimum Gasteiger partial charge on any atom is -0.496 e. The van der Waals surface area contributed by atoms with Crippen LogP contribution >= 0.6 is 11.3 Å². The number of aryl methyl sites for hydroxylation is 1. The quantitative estimate of drug-likeness (QED) is 0.478. The zero-order valence-electron chi connectivity index (χ0n) is 17.9. The minimum atomic E-state index is -0.279. The van der Waals surface area contributed by atoms with E-state index in [1.54, 1.807) is 17.8 Å². The van der Waals surface area contributed by atoms with Gasteiger partial charge in [-0.2, -0.15) is 0 Å². The molecular formula is C23H23N5O3S. The van der Waals surface area contributed by atoms with Gasteiger partial charge in [0.2, 0.25) is 10.1 Å². The van der Waals surface area contributed by atoms with Crippen LogP contribution in [0.25, 0.3) is 16.1 Å². The first kappa shape index (κ1) is 20.6. The van der Waals surface area contributed by atoms with Crippen LogP contribution in [0.5, 0.6) is 5.75 Å². The lowest BCUT2D eigenvalue weighted by atomic mass is 9.99. The molecule has 1 amide bonds. The van der Waals surface area contributed by atoms with E-state index in [4.69, 9.17) is 9.47 Å². The fraction of sp³-hybridized carbons (Fsp3) is 0.304. The standard InChI is InChI=1S/C23H23N5O3S/c1-14-9-18(17-5-3-4-6-20(17)30-2)19(11-24-14)21(29)26-22-27-28-12-16(25-23(28)32-22)10-15-7-8-31-13-15/h3-6,9,11-12,15H,7-8,10,13H2,1-2H3,(H,26,27,29)/t15-/m0/s1. The van der Waals surface area contributed by atoms with Gasteiger partial charge in [0, 0.05) is 36.2 Å². The third kappa shape index (κ3) is 4.09. The Morgan fingerprint density at radius 2 is 2.22 bits per heavy atom. The van der Waals surface area contributed by atoms with Crippen molar-refractivity contribution in [3.8, 4) is 16.9 Å². The molecule has 8 nitrogen and oxygen atoms in total. The van der Waals surface area contributed by atoms with Crippen LogP contribution in [-0.2, 0) is 11.2 Å². The van der Waals surface area contributed by atoms with E-state index in [0.717, 1.165) is 53.5 Å². The molecule has 9 heteroatoms. The average Bonchev–Trinajstić information content (AvgIpc) is 3.51. The summed E-state index contributed by atoms with van der Waals surface area (Å²) in [6, 6.07) is 9.51. The molecule has 32 heavy (non-hydrogen) atoms. The summed E-state index contributed by atoms with van der Waals surface area (Å²) in [5, 5.41) is 7.88. The molecule has 0 radical (unpaired) electrons. The van der Waals surface area contributed by atoms with Crippen molar-refractivity contribution in [3.63, 3.8) is 0 Å². The molecule has 1 aromatic carbocycles. The number of para-hydroxylation sites is 1. The van der Waals surface area contributed by atoms with Crippen LogP contribution in [0.2, 0.25) is 0 Å². The molecule has 5 rings (SSSR count). The number of fused-ring (bicyclic) bond motifs is 1. The van der Waals surface area contributed by atoms with Gasteiger partial charge in [-0.1, -0.05) is 29.5 Å². The number of carbonyl (C=O) groups excluding carboxylic acids is 1. The number of rotatable bonds is 6. The van der Waals surface area contributed by atoms with Crippen molar-refractivity contribution in [1.29, 1.82) is 0 Å². The van der Waals surface area contributed by atoms with Gasteiger partial charge < -0.3 is 9.47 Å². The highest BCUT2D eigenvalue weighted by Gasteiger charge is 2.20. The molecule has 4 aromatic rings. The van der Waals surface area contributed by atoms with Gasteiger partial charge in [-0.25, -0.2) is 9.50 Å². The molecule has 0 bridgehead atoms. The highest BCUT2D eigenvalue weighted by molar-refractivity contribution is 7.20. The predicted molar refractivity (Wildman–Crippen MR) is 122 cm³/mol. The van der Waals surface area contributed by atoms with Crippen molar-refractivity contribution in [1.82, 2.24) is 19.6 Å². The smallest absolute Gasteiger partial charge is 0.259 e. The zero-order valence-corrected chi connectivity index (χ0v) is 18.7. The molecule has 3 aromatic heterocycles. The monoisotopic (exact) mass is 449 g/mol. The second-order valence-electron chi connectivity index (χ2n) is 7.83. The molecule has 1 saturated heterocycles. The normalized spacial score (nSPS) is 15.9. The number of hydrogen-bond acceptors (Lipinski definition) is 7. The maximum atomic E-state index is 13.1. The van der Waals surface area contributed by atoms with E-state index in [2.05, 4.69) is 20.4 Å². The van der Waals surface area contributed by atoms with Crippen LogP contribution in [0.15, 0.2) is 42.7 Å². The Hall–Kier alpha value is -3.30. The van der Waals surface area contributed by atoms with Crippen molar-refractivity contribution in [2.24, 2.45) is 5.92 Å². The van der Waals surface area contributed by atoms with Crippen molar-refractivity contribution >= 4 is 27.3 Å². The largest absolute Gasteiger partial charge is 0.496 e.